The molecule has 0 spiro atoms. The molecule has 6 heteroatoms. The van der Waals surface area contributed by atoms with Crippen LogP contribution in [-0.4, -0.2) is 24.0 Å². The predicted molar refractivity (Wildman–Crippen MR) is 81.3 cm³/mol. The van der Waals surface area contributed by atoms with Gasteiger partial charge >= 0.3 is 6.18 Å². The van der Waals surface area contributed by atoms with E-state index in [1.54, 1.807) is 0 Å². The fourth-order valence-electron chi connectivity index (χ4n) is 2.83. The lowest BCUT2D eigenvalue weighted by molar-refractivity contribution is -0.186. The second-order valence-corrected chi connectivity index (χ2v) is 7.57. The molecule has 0 bridgehead atoms. The smallest absolute Gasteiger partial charge is 0.355 e. The van der Waals surface area contributed by atoms with Crippen LogP contribution < -0.4 is 5.32 Å². The van der Waals surface area contributed by atoms with Crippen molar-refractivity contribution in [2.24, 2.45) is 17.3 Å². The first-order valence-corrected chi connectivity index (χ1v) is 8.68. The van der Waals surface area contributed by atoms with E-state index < -0.39 is 18.0 Å². The van der Waals surface area contributed by atoms with Gasteiger partial charge < -0.3 is 5.32 Å². The highest BCUT2D eigenvalue weighted by Crippen LogP contribution is 2.40. The van der Waals surface area contributed by atoms with E-state index in [0.717, 1.165) is 18.2 Å². The zero-order chi connectivity index (χ0) is 16.1. The summed E-state index contributed by atoms with van der Waals surface area (Å²) in [7, 11) is 0. The minimum Gasteiger partial charge on any atom is -0.355 e. The molecule has 1 aliphatic rings. The highest BCUT2D eigenvalue weighted by atomic mass is 79.9. The van der Waals surface area contributed by atoms with Crippen molar-refractivity contribution in [3.05, 3.63) is 0 Å². The molecule has 0 heterocycles. The van der Waals surface area contributed by atoms with Gasteiger partial charge in [-0.3, -0.25) is 4.79 Å². The fourth-order valence-corrected chi connectivity index (χ4v) is 3.11. The molecule has 2 nitrogen and oxygen atoms in total. The number of carbonyl (C=O) groups is 1. The van der Waals surface area contributed by atoms with E-state index in [0.29, 0.717) is 19.4 Å². The third-order valence-corrected chi connectivity index (χ3v) is 4.80. The quantitative estimate of drug-likeness (QED) is 0.675. The molecule has 124 valence electrons. The number of carbonyl (C=O) groups excluding carboxylic acids is 1. The number of nitrogens with one attached hydrogen (secondary N) is 1. The van der Waals surface area contributed by atoms with Gasteiger partial charge in [-0.1, -0.05) is 36.2 Å². The Morgan fingerprint density at radius 2 is 1.95 bits per heavy atom. The van der Waals surface area contributed by atoms with Gasteiger partial charge in [-0.15, -0.1) is 0 Å². The van der Waals surface area contributed by atoms with Crippen molar-refractivity contribution in [1.29, 1.82) is 0 Å². The van der Waals surface area contributed by atoms with E-state index in [2.05, 4.69) is 35.1 Å². The molecule has 1 fully saturated rings. The number of alkyl halides is 4. The summed E-state index contributed by atoms with van der Waals surface area (Å²) in [6, 6.07) is 0. The largest absolute Gasteiger partial charge is 0.391 e. The van der Waals surface area contributed by atoms with Crippen LogP contribution in [0.2, 0.25) is 0 Å². The van der Waals surface area contributed by atoms with Gasteiger partial charge in [0.15, 0.2) is 0 Å². The Morgan fingerprint density at radius 1 is 1.29 bits per heavy atom. The topological polar surface area (TPSA) is 29.1 Å². The first-order chi connectivity index (χ1) is 9.65. The second-order valence-electron chi connectivity index (χ2n) is 6.78. The van der Waals surface area contributed by atoms with Crippen LogP contribution in [0.15, 0.2) is 0 Å². The summed E-state index contributed by atoms with van der Waals surface area (Å²) >= 11 is 3.38. The van der Waals surface area contributed by atoms with Crippen molar-refractivity contribution < 1.29 is 18.0 Å². The van der Waals surface area contributed by atoms with Crippen LogP contribution in [0, 0.1) is 17.3 Å². The van der Waals surface area contributed by atoms with Gasteiger partial charge in [0, 0.05) is 17.8 Å². The lowest BCUT2D eigenvalue weighted by Gasteiger charge is -2.31. The van der Waals surface area contributed by atoms with Gasteiger partial charge in [0.1, 0.15) is 0 Å². The molecule has 1 N–H and O–H groups in total. The van der Waals surface area contributed by atoms with E-state index in [1.807, 2.05) is 0 Å². The third kappa shape index (κ3) is 6.57. The van der Waals surface area contributed by atoms with E-state index >= 15 is 0 Å². The van der Waals surface area contributed by atoms with Gasteiger partial charge in [-0.25, -0.2) is 0 Å². The lowest BCUT2D eigenvalue weighted by atomic mass is 9.80. The van der Waals surface area contributed by atoms with E-state index in [4.69, 9.17) is 0 Å². The summed E-state index contributed by atoms with van der Waals surface area (Å²) in [6.45, 7) is 4.65. The summed E-state index contributed by atoms with van der Waals surface area (Å²) < 4.78 is 38.3. The van der Waals surface area contributed by atoms with Crippen LogP contribution in [0.4, 0.5) is 13.2 Å². The molecule has 0 aromatic carbocycles. The Balaban J connectivity index is 2.44. The maximum Gasteiger partial charge on any atom is 0.391 e. The van der Waals surface area contributed by atoms with Crippen LogP contribution in [0.3, 0.4) is 0 Å². The maximum atomic E-state index is 12.8. The first kappa shape index (κ1) is 18.8. The monoisotopic (exact) mass is 371 g/mol. The predicted octanol–water partition coefficient (Wildman–Crippen LogP) is 4.67. The fraction of sp³-hybridized carbons (Fsp3) is 0.933. The molecule has 0 aliphatic heterocycles. The normalized spacial score (nSPS) is 23.9. The number of hydrogen-bond donors (Lipinski definition) is 1. The number of halogens is 4. The van der Waals surface area contributed by atoms with Crippen LogP contribution in [0.5, 0.6) is 0 Å². The molecule has 0 saturated heterocycles. The summed E-state index contributed by atoms with van der Waals surface area (Å²) in [6.07, 6.45) is -1.04. The lowest BCUT2D eigenvalue weighted by Crippen LogP contribution is -2.41. The van der Waals surface area contributed by atoms with Crippen molar-refractivity contribution in [1.82, 2.24) is 5.32 Å². The minimum atomic E-state index is -4.17. The molecular formula is C15H25BrF3NO. The van der Waals surface area contributed by atoms with Crippen LogP contribution in [0.1, 0.15) is 52.4 Å². The average Bonchev–Trinajstić information content (AvgIpc) is 2.42. The van der Waals surface area contributed by atoms with Crippen molar-refractivity contribution in [2.75, 3.05) is 11.9 Å². The molecule has 1 saturated carbocycles. The molecule has 2 unspecified atom stereocenters. The first-order valence-electron chi connectivity index (χ1n) is 7.56. The highest BCUT2D eigenvalue weighted by molar-refractivity contribution is 9.09. The Morgan fingerprint density at radius 3 is 2.52 bits per heavy atom. The Kier molecular flexibility index (Phi) is 7.01. The molecule has 1 rings (SSSR count). The Labute approximate surface area is 133 Å². The number of rotatable bonds is 6. The highest BCUT2D eigenvalue weighted by Gasteiger charge is 2.43. The Bertz CT molecular complexity index is 344. The summed E-state index contributed by atoms with van der Waals surface area (Å²) in [5.41, 5.74) is -0.0263. The van der Waals surface area contributed by atoms with Crippen molar-refractivity contribution in [3.63, 3.8) is 0 Å². The van der Waals surface area contributed by atoms with Crippen LogP contribution in [-0.2, 0) is 4.79 Å². The second kappa shape index (κ2) is 7.84. The maximum absolute atomic E-state index is 12.8. The summed E-state index contributed by atoms with van der Waals surface area (Å²) in [4.78, 5) is 12.1. The summed E-state index contributed by atoms with van der Waals surface area (Å²) in [5.74, 6) is -2.02. The number of amides is 1. The Hall–Kier alpha value is -0.260. The molecule has 0 radical (unpaired) electrons. The van der Waals surface area contributed by atoms with Crippen LogP contribution in [0.25, 0.3) is 0 Å². The van der Waals surface area contributed by atoms with Crippen molar-refractivity contribution >= 4 is 21.8 Å². The van der Waals surface area contributed by atoms with Gasteiger partial charge in [0.05, 0.1) is 5.92 Å². The van der Waals surface area contributed by atoms with Crippen LogP contribution >= 0.6 is 15.9 Å². The summed E-state index contributed by atoms with van der Waals surface area (Å²) in [5, 5.41) is 3.77. The van der Waals surface area contributed by atoms with Gasteiger partial charge in [-0.05, 0) is 37.5 Å². The SMILES string of the molecule is CC(C)(CCCBr)CNC(=O)C1CCCC(C(F)(F)F)C1. The zero-order valence-electron chi connectivity index (χ0n) is 12.7. The average molecular weight is 372 g/mol. The standard InChI is InChI=1S/C15H25BrF3NO/c1-14(2,7-4-8-16)10-20-13(21)11-5-3-6-12(9-11)15(17,18)19/h11-12H,3-10H2,1-2H3,(H,20,21). The van der Waals surface area contributed by atoms with Crippen molar-refractivity contribution in [2.45, 2.75) is 58.5 Å². The van der Waals surface area contributed by atoms with Gasteiger partial charge in [0.25, 0.3) is 0 Å². The van der Waals surface area contributed by atoms with E-state index in [1.165, 1.54) is 0 Å². The van der Waals surface area contributed by atoms with Gasteiger partial charge in [0.2, 0.25) is 5.91 Å². The molecule has 21 heavy (non-hydrogen) atoms. The molecule has 0 aromatic heterocycles. The van der Waals surface area contributed by atoms with Gasteiger partial charge in [-0.2, -0.15) is 13.2 Å². The number of hydrogen-bond acceptors (Lipinski definition) is 1. The van der Waals surface area contributed by atoms with E-state index in [9.17, 15) is 18.0 Å². The van der Waals surface area contributed by atoms with E-state index in [-0.39, 0.29) is 24.2 Å². The van der Waals surface area contributed by atoms with Crippen molar-refractivity contribution in [3.8, 4) is 0 Å². The minimum absolute atomic E-state index is 0.0263. The zero-order valence-corrected chi connectivity index (χ0v) is 14.3. The molecule has 1 amide bonds. The molecular weight excluding hydrogens is 347 g/mol. The third-order valence-electron chi connectivity index (χ3n) is 4.24. The molecule has 1 aliphatic carbocycles. The molecule has 0 aromatic rings. The molecule has 2 atom stereocenters.